The van der Waals surface area contributed by atoms with Crippen molar-refractivity contribution in [1.82, 2.24) is 15.3 Å². The molecule has 1 aromatic heterocycles. The molecule has 2 rings (SSSR count). The van der Waals surface area contributed by atoms with Gasteiger partial charge in [-0.3, -0.25) is 0 Å². The van der Waals surface area contributed by atoms with Gasteiger partial charge in [0, 0.05) is 17.3 Å². The van der Waals surface area contributed by atoms with E-state index in [1.807, 2.05) is 6.07 Å². The van der Waals surface area contributed by atoms with Crippen LogP contribution in [0.2, 0.25) is 0 Å². The van der Waals surface area contributed by atoms with Crippen LogP contribution in [0.3, 0.4) is 0 Å². The first-order chi connectivity index (χ1) is 11.0. The Morgan fingerprint density at radius 3 is 2.57 bits per heavy atom. The molecule has 4 nitrogen and oxygen atoms in total. The van der Waals surface area contributed by atoms with Crippen LogP contribution in [0, 0.1) is 25.2 Å². The number of aryl methyl sites for hydroxylation is 3. The number of rotatable bonds is 6. The molecular weight excluding hydrogens is 284 g/mol. The molecule has 4 heteroatoms. The second-order valence-electron chi connectivity index (χ2n) is 6.19. The first-order valence-corrected chi connectivity index (χ1v) is 8.08. The van der Waals surface area contributed by atoms with Crippen LogP contribution in [0.4, 0.5) is 0 Å². The number of nitriles is 1. The zero-order chi connectivity index (χ0) is 16.8. The standard InChI is InChI=1S/C19H24N4/c1-13(2)21-9-5-6-17-11-18(23-19(12-20)22-17)16-8-7-14(3)15(4)10-16/h7-8,10-11,13,21H,5-6,9H2,1-4H3. The van der Waals surface area contributed by atoms with Crippen LogP contribution >= 0.6 is 0 Å². The van der Waals surface area contributed by atoms with Crippen molar-refractivity contribution in [3.63, 3.8) is 0 Å². The highest BCUT2D eigenvalue weighted by Crippen LogP contribution is 2.21. The van der Waals surface area contributed by atoms with E-state index in [4.69, 9.17) is 0 Å². The summed E-state index contributed by atoms with van der Waals surface area (Å²) in [6.45, 7) is 9.39. The van der Waals surface area contributed by atoms with E-state index in [0.29, 0.717) is 6.04 Å². The van der Waals surface area contributed by atoms with Gasteiger partial charge in [-0.15, -0.1) is 0 Å². The monoisotopic (exact) mass is 308 g/mol. The normalized spacial score (nSPS) is 10.8. The zero-order valence-electron chi connectivity index (χ0n) is 14.3. The van der Waals surface area contributed by atoms with Gasteiger partial charge in [-0.2, -0.15) is 5.26 Å². The van der Waals surface area contributed by atoms with E-state index in [1.165, 1.54) is 11.1 Å². The summed E-state index contributed by atoms with van der Waals surface area (Å²) in [6, 6.07) is 10.8. The Balaban J connectivity index is 2.21. The Morgan fingerprint density at radius 2 is 1.91 bits per heavy atom. The number of nitrogens with zero attached hydrogens (tertiary/aromatic N) is 3. The predicted octanol–water partition coefficient (Wildman–Crippen LogP) is 3.56. The van der Waals surface area contributed by atoms with Crippen molar-refractivity contribution >= 4 is 0 Å². The predicted molar refractivity (Wildman–Crippen MR) is 93.1 cm³/mol. The highest BCUT2D eigenvalue weighted by molar-refractivity contribution is 5.61. The van der Waals surface area contributed by atoms with Crippen molar-refractivity contribution in [3.05, 3.63) is 46.9 Å². The van der Waals surface area contributed by atoms with E-state index in [0.717, 1.165) is 36.3 Å². The van der Waals surface area contributed by atoms with Gasteiger partial charge in [0.2, 0.25) is 5.82 Å². The van der Waals surface area contributed by atoms with Crippen LogP contribution < -0.4 is 5.32 Å². The number of aromatic nitrogens is 2. The van der Waals surface area contributed by atoms with Crippen molar-refractivity contribution in [2.75, 3.05) is 6.54 Å². The molecule has 2 aromatic rings. The quantitative estimate of drug-likeness (QED) is 0.829. The Labute approximate surface area is 138 Å². The van der Waals surface area contributed by atoms with E-state index < -0.39 is 0 Å². The summed E-state index contributed by atoms with van der Waals surface area (Å²) >= 11 is 0. The molecule has 0 amide bonds. The zero-order valence-corrected chi connectivity index (χ0v) is 14.3. The number of benzene rings is 1. The molecule has 0 saturated carbocycles. The molecule has 0 aliphatic carbocycles. The largest absolute Gasteiger partial charge is 0.315 e. The molecule has 0 aliphatic heterocycles. The summed E-state index contributed by atoms with van der Waals surface area (Å²) < 4.78 is 0. The van der Waals surface area contributed by atoms with E-state index in [1.54, 1.807) is 0 Å². The fraction of sp³-hybridized carbons (Fsp3) is 0.421. The van der Waals surface area contributed by atoms with Crippen LogP contribution in [-0.4, -0.2) is 22.6 Å². The number of hydrogen-bond donors (Lipinski definition) is 1. The minimum atomic E-state index is 0.243. The van der Waals surface area contributed by atoms with Gasteiger partial charge in [-0.1, -0.05) is 26.0 Å². The van der Waals surface area contributed by atoms with Crippen LogP contribution in [0.15, 0.2) is 24.3 Å². The molecule has 0 radical (unpaired) electrons. The third kappa shape index (κ3) is 4.87. The molecule has 0 aliphatic rings. The van der Waals surface area contributed by atoms with Gasteiger partial charge in [0.15, 0.2) is 0 Å². The minimum absolute atomic E-state index is 0.243. The van der Waals surface area contributed by atoms with Gasteiger partial charge in [0.1, 0.15) is 6.07 Å². The van der Waals surface area contributed by atoms with E-state index in [-0.39, 0.29) is 5.82 Å². The number of nitrogens with one attached hydrogen (secondary N) is 1. The van der Waals surface area contributed by atoms with E-state index in [2.05, 4.69) is 67.2 Å². The van der Waals surface area contributed by atoms with Crippen LogP contribution in [-0.2, 0) is 6.42 Å². The maximum Gasteiger partial charge on any atom is 0.232 e. The molecule has 1 heterocycles. The van der Waals surface area contributed by atoms with E-state index >= 15 is 0 Å². The van der Waals surface area contributed by atoms with Gasteiger partial charge in [0.05, 0.1) is 5.69 Å². The summed E-state index contributed by atoms with van der Waals surface area (Å²) in [6.07, 6.45) is 1.83. The summed E-state index contributed by atoms with van der Waals surface area (Å²) in [4.78, 5) is 8.70. The average molecular weight is 308 g/mol. The second-order valence-corrected chi connectivity index (χ2v) is 6.19. The van der Waals surface area contributed by atoms with Crippen molar-refractivity contribution in [2.45, 2.75) is 46.6 Å². The lowest BCUT2D eigenvalue weighted by molar-refractivity contribution is 0.568. The molecular formula is C19H24N4. The lowest BCUT2D eigenvalue weighted by atomic mass is 10.0. The van der Waals surface area contributed by atoms with E-state index in [9.17, 15) is 5.26 Å². The van der Waals surface area contributed by atoms with Crippen molar-refractivity contribution in [2.24, 2.45) is 0 Å². The molecule has 0 unspecified atom stereocenters. The summed E-state index contributed by atoms with van der Waals surface area (Å²) in [5.74, 6) is 0.243. The fourth-order valence-corrected chi connectivity index (χ4v) is 2.38. The Kier molecular flexibility index (Phi) is 5.84. The molecule has 0 atom stereocenters. The molecule has 1 N–H and O–H groups in total. The van der Waals surface area contributed by atoms with Crippen LogP contribution in [0.25, 0.3) is 11.3 Å². The highest BCUT2D eigenvalue weighted by atomic mass is 14.9. The van der Waals surface area contributed by atoms with Crippen LogP contribution in [0.5, 0.6) is 0 Å². The molecule has 0 fully saturated rings. The first-order valence-electron chi connectivity index (χ1n) is 8.08. The summed E-state index contributed by atoms with van der Waals surface area (Å²) in [7, 11) is 0. The molecule has 0 spiro atoms. The van der Waals surface area contributed by atoms with Crippen LogP contribution in [0.1, 0.15) is 42.9 Å². The third-order valence-electron chi connectivity index (χ3n) is 3.84. The third-order valence-corrected chi connectivity index (χ3v) is 3.84. The molecule has 1 aromatic carbocycles. The topological polar surface area (TPSA) is 61.6 Å². The summed E-state index contributed by atoms with van der Waals surface area (Å²) in [5, 5.41) is 12.6. The van der Waals surface area contributed by atoms with Gasteiger partial charge in [-0.05, 0) is 56.5 Å². The van der Waals surface area contributed by atoms with Gasteiger partial charge < -0.3 is 5.32 Å². The molecule has 0 bridgehead atoms. The Morgan fingerprint density at radius 1 is 1.13 bits per heavy atom. The smallest absolute Gasteiger partial charge is 0.232 e. The van der Waals surface area contributed by atoms with Gasteiger partial charge in [-0.25, -0.2) is 9.97 Å². The van der Waals surface area contributed by atoms with Gasteiger partial charge in [0.25, 0.3) is 0 Å². The minimum Gasteiger partial charge on any atom is -0.315 e. The summed E-state index contributed by atoms with van der Waals surface area (Å²) in [5.41, 5.74) is 5.26. The second kappa shape index (κ2) is 7.85. The maximum absolute atomic E-state index is 9.19. The Hall–Kier alpha value is -2.25. The molecule has 120 valence electrons. The van der Waals surface area contributed by atoms with Gasteiger partial charge >= 0.3 is 0 Å². The molecule has 0 saturated heterocycles. The Bertz CT molecular complexity index is 714. The van der Waals surface area contributed by atoms with Crippen molar-refractivity contribution in [3.8, 4) is 17.3 Å². The van der Waals surface area contributed by atoms with Crippen molar-refractivity contribution < 1.29 is 0 Å². The van der Waals surface area contributed by atoms with Crippen molar-refractivity contribution in [1.29, 1.82) is 5.26 Å². The number of hydrogen-bond acceptors (Lipinski definition) is 4. The first kappa shape index (κ1) is 17.1. The lowest BCUT2D eigenvalue weighted by Gasteiger charge is -2.09. The fourth-order valence-electron chi connectivity index (χ4n) is 2.38. The highest BCUT2D eigenvalue weighted by Gasteiger charge is 2.08. The maximum atomic E-state index is 9.19. The lowest BCUT2D eigenvalue weighted by Crippen LogP contribution is -2.24. The SMILES string of the molecule is Cc1ccc(-c2cc(CCCNC(C)C)nc(C#N)n2)cc1C. The average Bonchev–Trinajstić information content (AvgIpc) is 2.53. The molecule has 23 heavy (non-hydrogen) atoms.